The first-order chi connectivity index (χ1) is 8.20. The average Bonchev–Trinajstić information content (AvgIpc) is 2.74. The Bertz CT molecular complexity index is 271. The fourth-order valence-corrected chi connectivity index (χ4v) is 2.49. The number of esters is 1. The van der Waals surface area contributed by atoms with Crippen LogP contribution in [0.25, 0.3) is 0 Å². The van der Waals surface area contributed by atoms with E-state index in [-0.39, 0.29) is 18.1 Å². The topological polar surface area (TPSA) is 48.0 Å². The first kappa shape index (κ1) is 12.8. The third kappa shape index (κ3) is 3.18. The molecule has 0 radical (unpaired) electrons. The number of carbonyl (C=O) groups excluding carboxylic acids is 1. The van der Waals surface area contributed by atoms with Crippen LogP contribution in [-0.4, -0.2) is 62.5 Å². The van der Waals surface area contributed by atoms with Crippen molar-refractivity contribution in [3.05, 3.63) is 0 Å². The molecule has 2 aliphatic heterocycles. The van der Waals surface area contributed by atoms with Gasteiger partial charge in [-0.05, 0) is 19.8 Å². The molecule has 0 bridgehead atoms. The maximum absolute atomic E-state index is 11.6. The summed E-state index contributed by atoms with van der Waals surface area (Å²) in [5.74, 6) is -0.212. The summed E-state index contributed by atoms with van der Waals surface area (Å²) in [6.45, 7) is 4.77. The van der Waals surface area contributed by atoms with Crippen LogP contribution in [0.4, 0.5) is 0 Å². The molecule has 2 aliphatic rings. The van der Waals surface area contributed by atoms with Gasteiger partial charge < -0.3 is 14.2 Å². The van der Waals surface area contributed by atoms with Crippen molar-refractivity contribution in [2.24, 2.45) is 0 Å². The summed E-state index contributed by atoms with van der Waals surface area (Å²) in [4.78, 5) is 13.8. The van der Waals surface area contributed by atoms with Gasteiger partial charge in [-0.2, -0.15) is 0 Å². The molecule has 0 amide bonds. The summed E-state index contributed by atoms with van der Waals surface area (Å²) in [7, 11) is 1.42. The van der Waals surface area contributed by atoms with E-state index in [1.54, 1.807) is 0 Å². The summed E-state index contributed by atoms with van der Waals surface area (Å²) in [6, 6.07) is -0.270. The van der Waals surface area contributed by atoms with E-state index in [1.165, 1.54) is 7.11 Å². The van der Waals surface area contributed by atoms with Gasteiger partial charge in [0.15, 0.2) is 0 Å². The minimum absolute atomic E-state index is 0.212. The Morgan fingerprint density at radius 2 is 2.29 bits per heavy atom. The molecule has 0 N–H and O–H groups in total. The molecule has 5 heteroatoms. The molecule has 2 rings (SSSR count). The fourth-order valence-electron chi connectivity index (χ4n) is 2.49. The van der Waals surface area contributed by atoms with E-state index in [2.05, 4.69) is 11.8 Å². The lowest BCUT2D eigenvalue weighted by molar-refractivity contribution is -0.154. The molecule has 3 unspecified atom stereocenters. The van der Waals surface area contributed by atoms with Crippen molar-refractivity contribution in [1.29, 1.82) is 0 Å². The van der Waals surface area contributed by atoms with Gasteiger partial charge in [0, 0.05) is 13.1 Å². The van der Waals surface area contributed by atoms with Crippen molar-refractivity contribution < 1.29 is 19.0 Å². The van der Waals surface area contributed by atoms with Gasteiger partial charge in [-0.1, -0.05) is 0 Å². The Kier molecular flexibility index (Phi) is 4.36. The number of ether oxygens (including phenoxy) is 3. The van der Waals surface area contributed by atoms with Crippen LogP contribution in [0.15, 0.2) is 0 Å². The van der Waals surface area contributed by atoms with E-state index in [1.807, 2.05) is 0 Å². The fraction of sp³-hybridized carbons (Fsp3) is 0.917. The van der Waals surface area contributed by atoms with Crippen molar-refractivity contribution in [1.82, 2.24) is 4.90 Å². The minimum atomic E-state index is -0.270. The van der Waals surface area contributed by atoms with Crippen LogP contribution in [0.1, 0.15) is 19.8 Å². The van der Waals surface area contributed by atoms with Crippen LogP contribution in [0.3, 0.4) is 0 Å². The van der Waals surface area contributed by atoms with Crippen LogP contribution in [-0.2, 0) is 19.0 Å². The highest BCUT2D eigenvalue weighted by atomic mass is 16.5. The predicted octanol–water partition coefficient (Wildman–Crippen LogP) is 0.428. The molecule has 0 aromatic heterocycles. The Labute approximate surface area is 102 Å². The smallest absolute Gasteiger partial charge is 0.325 e. The number of methoxy groups -OCH3 is 1. The maximum Gasteiger partial charge on any atom is 0.325 e. The van der Waals surface area contributed by atoms with E-state index in [0.29, 0.717) is 19.3 Å². The van der Waals surface area contributed by atoms with Crippen molar-refractivity contribution in [2.45, 2.75) is 38.0 Å². The highest BCUT2D eigenvalue weighted by Gasteiger charge is 2.33. The van der Waals surface area contributed by atoms with Gasteiger partial charge in [0.1, 0.15) is 6.04 Å². The SMILES string of the molecule is COC(=O)C1COCCN1CC1CCC(C)O1. The zero-order chi connectivity index (χ0) is 12.3. The van der Waals surface area contributed by atoms with Crippen molar-refractivity contribution in [2.75, 3.05) is 33.4 Å². The first-order valence-corrected chi connectivity index (χ1v) is 6.25. The second-order valence-electron chi connectivity index (χ2n) is 4.75. The van der Waals surface area contributed by atoms with Gasteiger partial charge in [0.05, 0.1) is 32.5 Å². The summed E-state index contributed by atoms with van der Waals surface area (Å²) in [5, 5.41) is 0. The first-order valence-electron chi connectivity index (χ1n) is 6.25. The minimum Gasteiger partial charge on any atom is -0.468 e. The van der Waals surface area contributed by atoms with Crippen LogP contribution < -0.4 is 0 Å². The maximum atomic E-state index is 11.6. The van der Waals surface area contributed by atoms with Gasteiger partial charge in [-0.15, -0.1) is 0 Å². The quantitative estimate of drug-likeness (QED) is 0.673. The number of nitrogens with zero attached hydrogens (tertiary/aromatic N) is 1. The highest BCUT2D eigenvalue weighted by molar-refractivity contribution is 5.75. The Balaban J connectivity index is 1.90. The molecule has 0 saturated carbocycles. The molecule has 2 saturated heterocycles. The van der Waals surface area contributed by atoms with Crippen LogP contribution >= 0.6 is 0 Å². The third-order valence-electron chi connectivity index (χ3n) is 3.47. The number of morpholine rings is 1. The lowest BCUT2D eigenvalue weighted by Crippen LogP contribution is -2.52. The van der Waals surface area contributed by atoms with Gasteiger partial charge in [-0.25, -0.2) is 0 Å². The highest BCUT2D eigenvalue weighted by Crippen LogP contribution is 2.21. The summed E-state index contributed by atoms with van der Waals surface area (Å²) >= 11 is 0. The van der Waals surface area contributed by atoms with Gasteiger partial charge in [-0.3, -0.25) is 9.69 Å². The average molecular weight is 243 g/mol. The molecule has 2 fully saturated rings. The lowest BCUT2D eigenvalue weighted by atomic mass is 10.1. The molecule has 0 spiro atoms. The van der Waals surface area contributed by atoms with E-state index in [9.17, 15) is 4.79 Å². The normalized spacial score (nSPS) is 34.8. The second kappa shape index (κ2) is 5.80. The Hall–Kier alpha value is -0.650. The van der Waals surface area contributed by atoms with Crippen molar-refractivity contribution >= 4 is 5.97 Å². The van der Waals surface area contributed by atoms with E-state index in [0.717, 1.165) is 25.9 Å². The molecule has 0 aromatic carbocycles. The molecule has 17 heavy (non-hydrogen) atoms. The standard InChI is InChI=1S/C12H21NO4/c1-9-3-4-10(17-9)7-13-5-6-16-8-11(13)12(14)15-2/h9-11H,3-8H2,1-2H3. The molecule has 0 aromatic rings. The molecule has 0 aliphatic carbocycles. The van der Waals surface area contributed by atoms with E-state index >= 15 is 0 Å². The lowest BCUT2D eigenvalue weighted by Gasteiger charge is -2.34. The Morgan fingerprint density at radius 1 is 1.47 bits per heavy atom. The molecule has 5 nitrogen and oxygen atoms in total. The Morgan fingerprint density at radius 3 is 2.94 bits per heavy atom. The number of hydrogen-bond donors (Lipinski definition) is 0. The summed E-state index contributed by atoms with van der Waals surface area (Å²) < 4.78 is 15.9. The van der Waals surface area contributed by atoms with E-state index < -0.39 is 0 Å². The largest absolute Gasteiger partial charge is 0.468 e. The van der Waals surface area contributed by atoms with Crippen LogP contribution in [0.2, 0.25) is 0 Å². The molecule has 3 atom stereocenters. The van der Waals surface area contributed by atoms with Crippen LogP contribution in [0, 0.1) is 0 Å². The summed E-state index contributed by atoms with van der Waals surface area (Å²) in [5.41, 5.74) is 0. The van der Waals surface area contributed by atoms with Crippen molar-refractivity contribution in [3.63, 3.8) is 0 Å². The summed E-state index contributed by atoms with van der Waals surface area (Å²) in [6.07, 6.45) is 2.78. The zero-order valence-corrected chi connectivity index (χ0v) is 10.6. The van der Waals surface area contributed by atoms with Gasteiger partial charge in [0.25, 0.3) is 0 Å². The van der Waals surface area contributed by atoms with Gasteiger partial charge >= 0.3 is 5.97 Å². The molecular weight excluding hydrogens is 222 g/mol. The second-order valence-corrected chi connectivity index (χ2v) is 4.75. The monoisotopic (exact) mass is 243 g/mol. The molecule has 98 valence electrons. The third-order valence-corrected chi connectivity index (χ3v) is 3.47. The molecular formula is C12H21NO4. The predicted molar refractivity (Wildman–Crippen MR) is 61.8 cm³/mol. The number of rotatable bonds is 3. The number of carbonyl (C=O) groups is 1. The van der Waals surface area contributed by atoms with Gasteiger partial charge in [0.2, 0.25) is 0 Å². The molecule has 2 heterocycles. The van der Waals surface area contributed by atoms with Crippen molar-refractivity contribution in [3.8, 4) is 0 Å². The zero-order valence-electron chi connectivity index (χ0n) is 10.6. The van der Waals surface area contributed by atoms with Crippen LogP contribution in [0.5, 0.6) is 0 Å². The number of hydrogen-bond acceptors (Lipinski definition) is 5. The van der Waals surface area contributed by atoms with E-state index in [4.69, 9.17) is 14.2 Å².